The van der Waals surface area contributed by atoms with Gasteiger partial charge in [-0.2, -0.15) is 12.7 Å². The van der Waals surface area contributed by atoms with E-state index in [-0.39, 0.29) is 6.54 Å². The quantitative estimate of drug-likeness (QED) is 0.644. The average Bonchev–Trinajstić information content (AvgIpc) is 2.30. The summed E-state index contributed by atoms with van der Waals surface area (Å²) < 4.78 is 26.5. The normalized spacial score (nSPS) is 31.0. The maximum Gasteiger partial charge on any atom is 0.279 e. The lowest BCUT2D eigenvalue weighted by Gasteiger charge is -2.18. The van der Waals surface area contributed by atoms with E-state index in [1.54, 1.807) is 13.8 Å². The van der Waals surface area contributed by atoms with Gasteiger partial charge in [-0.05, 0) is 13.3 Å². The van der Waals surface area contributed by atoms with Crippen molar-refractivity contribution < 1.29 is 13.5 Å². The molecule has 0 aromatic carbocycles. The Morgan fingerprint density at radius 1 is 1.62 bits per heavy atom. The van der Waals surface area contributed by atoms with Crippen LogP contribution < -0.4 is 4.72 Å². The first kappa shape index (κ1) is 10.9. The van der Waals surface area contributed by atoms with Crippen LogP contribution in [0.4, 0.5) is 0 Å². The van der Waals surface area contributed by atoms with Crippen molar-refractivity contribution in [2.75, 3.05) is 19.6 Å². The number of rotatable bonds is 3. The maximum absolute atomic E-state index is 11.4. The van der Waals surface area contributed by atoms with Gasteiger partial charge in [-0.3, -0.25) is 0 Å². The summed E-state index contributed by atoms with van der Waals surface area (Å²) in [6, 6.07) is 0. The van der Waals surface area contributed by atoms with Crippen molar-refractivity contribution in [2.45, 2.75) is 25.9 Å². The summed E-state index contributed by atoms with van der Waals surface area (Å²) in [6.45, 7) is 4.33. The van der Waals surface area contributed by atoms with Crippen molar-refractivity contribution >= 4 is 10.2 Å². The highest BCUT2D eigenvalue weighted by molar-refractivity contribution is 7.87. The zero-order chi connectivity index (χ0) is 10.1. The zero-order valence-electron chi connectivity index (χ0n) is 7.95. The van der Waals surface area contributed by atoms with Crippen molar-refractivity contribution in [3.63, 3.8) is 0 Å². The fourth-order valence-electron chi connectivity index (χ4n) is 1.38. The molecule has 0 radical (unpaired) electrons. The summed E-state index contributed by atoms with van der Waals surface area (Å²) in [4.78, 5) is 0. The van der Waals surface area contributed by atoms with Crippen molar-refractivity contribution in [3.8, 4) is 0 Å². The lowest BCUT2D eigenvalue weighted by Crippen LogP contribution is -2.41. The van der Waals surface area contributed by atoms with E-state index < -0.39 is 15.8 Å². The third kappa shape index (κ3) is 2.63. The topological polar surface area (TPSA) is 69.6 Å². The van der Waals surface area contributed by atoms with Crippen LogP contribution in [0.3, 0.4) is 0 Å². The first-order valence-corrected chi connectivity index (χ1v) is 5.78. The Hall–Kier alpha value is -0.170. The van der Waals surface area contributed by atoms with E-state index in [0.717, 1.165) is 0 Å². The van der Waals surface area contributed by atoms with Crippen molar-refractivity contribution in [1.82, 2.24) is 9.03 Å². The molecule has 1 atom stereocenters. The molecule has 1 saturated heterocycles. The molecule has 1 unspecified atom stereocenters. The van der Waals surface area contributed by atoms with E-state index in [1.165, 1.54) is 4.31 Å². The van der Waals surface area contributed by atoms with E-state index in [1.807, 2.05) is 0 Å². The Morgan fingerprint density at radius 3 is 2.62 bits per heavy atom. The van der Waals surface area contributed by atoms with Crippen LogP contribution in [0.1, 0.15) is 20.3 Å². The first-order chi connectivity index (χ1) is 5.87. The minimum absolute atomic E-state index is 0.183. The van der Waals surface area contributed by atoms with Crippen LogP contribution >= 0.6 is 0 Å². The molecule has 78 valence electrons. The van der Waals surface area contributed by atoms with Crippen LogP contribution in [0.5, 0.6) is 0 Å². The molecule has 0 aromatic rings. The molecule has 1 aliphatic rings. The molecule has 0 aliphatic carbocycles. The predicted molar refractivity (Wildman–Crippen MR) is 49.4 cm³/mol. The van der Waals surface area contributed by atoms with Crippen molar-refractivity contribution in [3.05, 3.63) is 0 Å². The van der Waals surface area contributed by atoms with Crippen LogP contribution in [0.15, 0.2) is 0 Å². The summed E-state index contributed by atoms with van der Waals surface area (Å²) in [5.74, 6) is 0. The van der Waals surface area contributed by atoms with Gasteiger partial charge in [-0.15, -0.1) is 0 Å². The highest BCUT2D eigenvalue weighted by Gasteiger charge is 2.37. The van der Waals surface area contributed by atoms with Gasteiger partial charge in [0, 0.05) is 19.6 Å². The largest absolute Gasteiger partial charge is 0.389 e. The molecule has 1 heterocycles. The zero-order valence-corrected chi connectivity index (χ0v) is 8.76. The first-order valence-electron chi connectivity index (χ1n) is 4.34. The van der Waals surface area contributed by atoms with Crippen LogP contribution in [0.25, 0.3) is 0 Å². The molecule has 0 spiro atoms. The molecule has 5 nitrogen and oxygen atoms in total. The van der Waals surface area contributed by atoms with Crippen molar-refractivity contribution in [2.24, 2.45) is 0 Å². The van der Waals surface area contributed by atoms with Gasteiger partial charge in [0.15, 0.2) is 0 Å². The summed E-state index contributed by atoms with van der Waals surface area (Å²) in [5, 5.41) is 9.56. The van der Waals surface area contributed by atoms with Gasteiger partial charge >= 0.3 is 0 Å². The second kappa shape index (κ2) is 3.53. The average molecular weight is 208 g/mol. The highest BCUT2D eigenvalue weighted by Crippen LogP contribution is 2.21. The lowest BCUT2D eigenvalue weighted by atomic mass is 10.1. The number of aliphatic hydroxyl groups is 1. The summed E-state index contributed by atoms with van der Waals surface area (Å²) in [5.41, 5.74) is -0.873. The lowest BCUT2D eigenvalue weighted by molar-refractivity contribution is 0.0761. The third-order valence-electron chi connectivity index (χ3n) is 2.08. The van der Waals surface area contributed by atoms with Crippen molar-refractivity contribution in [1.29, 1.82) is 0 Å². The molecule has 1 rings (SSSR count). The molecule has 0 saturated carbocycles. The molecule has 2 N–H and O–H groups in total. The molecule has 0 amide bonds. The molecule has 13 heavy (non-hydrogen) atoms. The summed E-state index contributed by atoms with van der Waals surface area (Å²) in [6.07, 6.45) is 0.498. The summed E-state index contributed by atoms with van der Waals surface area (Å²) in [7, 11) is -3.36. The van der Waals surface area contributed by atoms with Gasteiger partial charge in [-0.1, -0.05) is 6.92 Å². The van der Waals surface area contributed by atoms with E-state index in [4.69, 9.17) is 0 Å². The SMILES string of the molecule is CCNS(=O)(=O)N1CCC(C)(O)C1. The number of hydrogen-bond acceptors (Lipinski definition) is 3. The molecular weight excluding hydrogens is 192 g/mol. The summed E-state index contributed by atoms with van der Waals surface area (Å²) >= 11 is 0. The Morgan fingerprint density at radius 2 is 2.23 bits per heavy atom. The molecule has 0 aromatic heterocycles. The van der Waals surface area contributed by atoms with E-state index in [9.17, 15) is 13.5 Å². The Bertz CT molecular complexity index is 273. The minimum Gasteiger partial charge on any atom is -0.389 e. The smallest absolute Gasteiger partial charge is 0.279 e. The Labute approximate surface area is 78.9 Å². The fraction of sp³-hybridized carbons (Fsp3) is 1.00. The van der Waals surface area contributed by atoms with E-state index in [2.05, 4.69) is 4.72 Å². The van der Waals surface area contributed by atoms with Gasteiger partial charge in [0.1, 0.15) is 0 Å². The fourth-order valence-corrected chi connectivity index (χ4v) is 2.71. The predicted octanol–water partition coefficient (Wildman–Crippen LogP) is -0.703. The highest BCUT2D eigenvalue weighted by atomic mass is 32.2. The van der Waals surface area contributed by atoms with E-state index in [0.29, 0.717) is 19.5 Å². The second-order valence-electron chi connectivity index (χ2n) is 3.58. The second-order valence-corrected chi connectivity index (χ2v) is 5.34. The van der Waals surface area contributed by atoms with Crippen LogP contribution in [0.2, 0.25) is 0 Å². The van der Waals surface area contributed by atoms with Crippen LogP contribution in [0, 0.1) is 0 Å². The Balaban J connectivity index is 2.66. The van der Waals surface area contributed by atoms with Gasteiger partial charge in [-0.25, -0.2) is 4.72 Å². The number of nitrogens with one attached hydrogen (secondary N) is 1. The third-order valence-corrected chi connectivity index (χ3v) is 3.73. The van der Waals surface area contributed by atoms with Gasteiger partial charge in [0.25, 0.3) is 10.2 Å². The van der Waals surface area contributed by atoms with Gasteiger partial charge < -0.3 is 5.11 Å². The molecular formula is C7H16N2O3S. The number of β-amino-alcohol motifs (C(OH)–C–C–N with tert-alkyl or cyclic N) is 1. The van der Waals surface area contributed by atoms with Crippen LogP contribution in [-0.2, 0) is 10.2 Å². The number of nitrogens with zero attached hydrogens (tertiary/aromatic N) is 1. The molecule has 6 heteroatoms. The monoisotopic (exact) mass is 208 g/mol. The van der Waals surface area contributed by atoms with E-state index >= 15 is 0 Å². The van der Waals surface area contributed by atoms with Crippen LogP contribution in [-0.4, -0.2) is 43.1 Å². The minimum atomic E-state index is -3.36. The molecule has 1 aliphatic heterocycles. The van der Waals surface area contributed by atoms with Gasteiger partial charge in [0.2, 0.25) is 0 Å². The number of hydrogen-bond donors (Lipinski definition) is 2. The Kier molecular flexibility index (Phi) is 2.96. The van der Waals surface area contributed by atoms with Gasteiger partial charge in [0.05, 0.1) is 5.60 Å². The molecule has 1 fully saturated rings. The molecule has 0 bridgehead atoms. The maximum atomic E-state index is 11.4. The standard InChI is InChI=1S/C7H16N2O3S/c1-3-8-13(11,12)9-5-4-7(2,10)6-9/h8,10H,3-6H2,1-2H3.